The highest BCUT2D eigenvalue weighted by atomic mass is 16.2. The summed E-state index contributed by atoms with van der Waals surface area (Å²) in [5, 5.41) is 5.88. The highest BCUT2D eigenvalue weighted by Gasteiger charge is 2.16. The highest BCUT2D eigenvalue weighted by molar-refractivity contribution is 6.04. The number of carbonyl (C=O) groups is 2. The Morgan fingerprint density at radius 2 is 2.07 bits per heavy atom. The van der Waals surface area contributed by atoms with Crippen LogP contribution in [0.2, 0.25) is 0 Å². The molecule has 1 aliphatic rings. The minimum Gasteiger partial charge on any atom is -0.372 e. The fourth-order valence-electron chi connectivity index (χ4n) is 3.24. The number of rotatable bonds is 6. The van der Waals surface area contributed by atoms with Crippen LogP contribution in [-0.4, -0.2) is 57.8 Å². The van der Waals surface area contributed by atoms with Crippen molar-refractivity contribution in [3.8, 4) is 0 Å². The van der Waals surface area contributed by atoms with Crippen molar-refractivity contribution in [2.24, 2.45) is 0 Å². The predicted octanol–water partition coefficient (Wildman–Crippen LogP) is 3.10. The monoisotopic (exact) mass is 400 g/mol. The number of hydrogen-bond donors (Lipinski definition) is 3. The molecule has 29 heavy (non-hydrogen) atoms. The Balaban J connectivity index is 0.000000253. The first-order chi connectivity index (χ1) is 14.0. The van der Waals surface area contributed by atoms with Crippen molar-refractivity contribution in [1.82, 2.24) is 25.2 Å². The zero-order valence-corrected chi connectivity index (χ0v) is 17.6. The molecule has 1 atom stereocenters. The number of H-pyrrole nitrogens is 1. The Kier molecular flexibility index (Phi) is 8.64. The van der Waals surface area contributed by atoms with E-state index in [1.54, 1.807) is 19.4 Å². The molecule has 1 unspecified atom stereocenters. The lowest BCUT2D eigenvalue weighted by Crippen LogP contribution is -2.34. The molecule has 2 aromatic rings. The quantitative estimate of drug-likeness (QED) is 0.647. The van der Waals surface area contributed by atoms with Crippen LogP contribution in [0.5, 0.6) is 0 Å². The molecule has 0 saturated carbocycles. The summed E-state index contributed by atoms with van der Waals surface area (Å²) in [4.78, 5) is 36.6. The van der Waals surface area contributed by atoms with Crippen LogP contribution in [0.15, 0.2) is 25.0 Å². The van der Waals surface area contributed by atoms with Crippen molar-refractivity contribution in [3.05, 3.63) is 30.6 Å². The van der Waals surface area contributed by atoms with E-state index >= 15 is 0 Å². The maximum Gasteiger partial charge on any atom is 0.255 e. The molecule has 0 bridgehead atoms. The molecule has 2 aromatic heterocycles. The third-order valence-electron chi connectivity index (χ3n) is 4.82. The van der Waals surface area contributed by atoms with Crippen LogP contribution in [0.3, 0.4) is 0 Å². The number of amides is 2. The fraction of sp³-hybridized carbons (Fsp3) is 0.524. The van der Waals surface area contributed by atoms with Gasteiger partial charge in [0, 0.05) is 32.4 Å². The Morgan fingerprint density at radius 1 is 1.34 bits per heavy atom. The van der Waals surface area contributed by atoms with E-state index in [0.717, 1.165) is 38.8 Å². The standard InChI is InChI=1S/C13H19N5O.C8H13NO/c1-4-5-8(2)17-13(19)9-6-15-12-11(9)18-10(14-3)7-16-12;1-2-8(10)9-6-4-3-5-7-9/h6-8H,4-5H2,1-3H3,(H,14,18)(H,15,16)(H,17,19);2H,1,3-7H2. The predicted molar refractivity (Wildman–Crippen MR) is 116 cm³/mol. The molecule has 8 nitrogen and oxygen atoms in total. The molecule has 158 valence electrons. The van der Waals surface area contributed by atoms with Crippen LogP contribution < -0.4 is 10.6 Å². The number of nitrogens with zero attached hydrogens (tertiary/aromatic N) is 3. The molecule has 1 fully saturated rings. The first-order valence-electron chi connectivity index (χ1n) is 10.2. The second kappa shape index (κ2) is 11.2. The number of aromatic amines is 1. The lowest BCUT2D eigenvalue weighted by molar-refractivity contribution is -0.126. The van der Waals surface area contributed by atoms with Gasteiger partial charge in [-0.1, -0.05) is 19.9 Å². The molecule has 0 aliphatic carbocycles. The van der Waals surface area contributed by atoms with E-state index in [2.05, 4.69) is 39.1 Å². The number of fused-ring (bicyclic) bond motifs is 1. The third kappa shape index (κ3) is 6.30. The normalized spacial score (nSPS) is 14.5. The van der Waals surface area contributed by atoms with Crippen LogP contribution in [0.25, 0.3) is 11.2 Å². The minimum absolute atomic E-state index is 0.0831. The number of aromatic nitrogens is 3. The third-order valence-corrected chi connectivity index (χ3v) is 4.82. The van der Waals surface area contributed by atoms with Crippen LogP contribution in [-0.2, 0) is 4.79 Å². The van der Waals surface area contributed by atoms with Gasteiger partial charge in [0.05, 0.1) is 11.8 Å². The van der Waals surface area contributed by atoms with E-state index in [0.29, 0.717) is 22.5 Å². The molecule has 1 saturated heterocycles. The summed E-state index contributed by atoms with van der Waals surface area (Å²) in [6.07, 6.45) is 10.2. The summed E-state index contributed by atoms with van der Waals surface area (Å²) in [7, 11) is 1.77. The number of nitrogens with one attached hydrogen (secondary N) is 3. The first-order valence-corrected chi connectivity index (χ1v) is 10.2. The van der Waals surface area contributed by atoms with Gasteiger partial charge in [-0.25, -0.2) is 9.97 Å². The van der Waals surface area contributed by atoms with Crippen LogP contribution in [0, 0.1) is 0 Å². The van der Waals surface area contributed by atoms with E-state index in [9.17, 15) is 9.59 Å². The van der Waals surface area contributed by atoms with Gasteiger partial charge in [-0.2, -0.15) is 0 Å². The molecule has 0 radical (unpaired) electrons. The molecule has 0 aromatic carbocycles. The SMILES string of the molecule is C=CC(=O)N1CCCCC1.CCCC(C)NC(=O)c1c[nH]c2ncc(NC)nc12. The van der Waals surface area contributed by atoms with Gasteiger partial charge in [0.25, 0.3) is 5.91 Å². The second-order valence-electron chi connectivity index (χ2n) is 7.16. The van der Waals surface area contributed by atoms with Gasteiger partial charge in [0.15, 0.2) is 5.65 Å². The zero-order valence-electron chi connectivity index (χ0n) is 17.6. The van der Waals surface area contributed by atoms with Crippen LogP contribution >= 0.6 is 0 Å². The van der Waals surface area contributed by atoms with Crippen LogP contribution in [0.4, 0.5) is 5.82 Å². The molecule has 3 rings (SSSR count). The van der Waals surface area contributed by atoms with Crippen molar-refractivity contribution >= 4 is 28.8 Å². The minimum atomic E-state index is -0.116. The number of hydrogen-bond acceptors (Lipinski definition) is 5. The highest BCUT2D eigenvalue weighted by Crippen LogP contribution is 2.16. The number of carbonyl (C=O) groups excluding carboxylic acids is 2. The molecule has 2 amide bonds. The van der Waals surface area contributed by atoms with Gasteiger partial charge in [-0.05, 0) is 38.7 Å². The van der Waals surface area contributed by atoms with Crippen LogP contribution in [0.1, 0.15) is 56.3 Å². The Morgan fingerprint density at radius 3 is 2.69 bits per heavy atom. The molecule has 3 N–H and O–H groups in total. The molecule has 3 heterocycles. The first kappa shape index (κ1) is 22.4. The summed E-state index contributed by atoms with van der Waals surface area (Å²) < 4.78 is 0. The van der Waals surface area contributed by atoms with E-state index in [1.807, 2.05) is 11.8 Å². The van der Waals surface area contributed by atoms with Gasteiger partial charge in [0.2, 0.25) is 5.91 Å². The summed E-state index contributed by atoms with van der Waals surface area (Å²) in [6.45, 7) is 9.38. The number of piperidine rings is 1. The fourth-order valence-corrected chi connectivity index (χ4v) is 3.24. The Labute approximate surface area is 172 Å². The summed E-state index contributed by atoms with van der Waals surface area (Å²) in [5.41, 5.74) is 1.74. The van der Waals surface area contributed by atoms with E-state index in [-0.39, 0.29) is 17.9 Å². The van der Waals surface area contributed by atoms with E-state index in [4.69, 9.17) is 0 Å². The molecular formula is C21H32N6O2. The summed E-state index contributed by atoms with van der Waals surface area (Å²) >= 11 is 0. The molecular weight excluding hydrogens is 368 g/mol. The van der Waals surface area contributed by atoms with Gasteiger partial charge in [0.1, 0.15) is 11.3 Å². The largest absolute Gasteiger partial charge is 0.372 e. The van der Waals surface area contributed by atoms with Gasteiger partial charge >= 0.3 is 0 Å². The second-order valence-corrected chi connectivity index (χ2v) is 7.16. The van der Waals surface area contributed by atoms with E-state index < -0.39 is 0 Å². The van der Waals surface area contributed by atoms with Gasteiger partial charge in [-0.3, -0.25) is 9.59 Å². The van der Waals surface area contributed by atoms with Crippen molar-refractivity contribution in [1.29, 1.82) is 0 Å². The van der Waals surface area contributed by atoms with Gasteiger partial charge in [-0.15, -0.1) is 0 Å². The maximum atomic E-state index is 12.2. The van der Waals surface area contributed by atoms with Crippen molar-refractivity contribution < 1.29 is 9.59 Å². The molecule has 0 spiro atoms. The maximum absolute atomic E-state index is 12.2. The average molecular weight is 401 g/mol. The lowest BCUT2D eigenvalue weighted by atomic mass is 10.1. The Hall–Kier alpha value is -2.90. The summed E-state index contributed by atoms with van der Waals surface area (Å²) in [6, 6.07) is 0.155. The zero-order chi connectivity index (χ0) is 21.2. The Bertz CT molecular complexity index is 826. The van der Waals surface area contributed by atoms with Crippen molar-refractivity contribution in [3.63, 3.8) is 0 Å². The molecule has 1 aliphatic heterocycles. The smallest absolute Gasteiger partial charge is 0.255 e. The average Bonchev–Trinajstić information content (AvgIpc) is 3.17. The number of anilines is 1. The van der Waals surface area contributed by atoms with Crippen molar-refractivity contribution in [2.75, 3.05) is 25.5 Å². The lowest BCUT2D eigenvalue weighted by Gasteiger charge is -2.25. The topological polar surface area (TPSA) is 103 Å². The van der Waals surface area contributed by atoms with Crippen molar-refractivity contribution in [2.45, 2.75) is 52.0 Å². The number of likely N-dealkylation sites (tertiary alicyclic amines) is 1. The molecule has 8 heteroatoms. The van der Waals surface area contributed by atoms with E-state index in [1.165, 1.54) is 12.5 Å². The summed E-state index contributed by atoms with van der Waals surface area (Å²) in [5.74, 6) is 0.609. The van der Waals surface area contributed by atoms with Gasteiger partial charge < -0.3 is 20.5 Å².